The first-order valence-corrected chi connectivity index (χ1v) is 12.2. The van der Waals surface area contributed by atoms with E-state index in [0.29, 0.717) is 42.4 Å². The van der Waals surface area contributed by atoms with Gasteiger partial charge in [0.15, 0.2) is 0 Å². The Morgan fingerprint density at radius 2 is 1.70 bits per heavy atom. The van der Waals surface area contributed by atoms with Crippen LogP contribution in [0.1, 0.15) is 86.0 Å². The molecular weight excluding hydrogens is 372 g/mol. The van der Waals surface area contributed by atoms with Crippen molar-refractivity contribution < 1.29 is 15.3 Å². The first kappa shape index (κ1) is 23.8. The van der Waals surface area contributed by atoms with Crippen molar-refractivity contribution in [3.8, 4) is 0 Å². The Kier molecular flexibility index (Phi) is 7.37. The monoisotopic (exact) mass is 416 g/mol. The highest BCUT2D eigenvalue weighted by molar-refractivity contribution is 5.26. The number of aliphatic hydroxyl groups excluding tert-OH is 2. The maximum atomic E-state index is 10.2. The lowest BCUT2D eigenvalue weighted by Crippen LogP contribution is -2.35. The van der Waals surface area contributed by atoms with Gasteiger partial charge in [0.05, 0.1) is 17.8 Å². The normalized spacial score (nSPS) is 40.1. The molecule has 3 N–H and O–H groups in total. The summed E-state index contributed by atoms with van der Waals surface area (Å²) in [4.78, 5) is 0. The number of aliphatic hydroxyl groups is 3. The summed E-state index contributed by atoms with van der Waals surface area (Å²) in [5.74, 6) is 2.00. The van der Waals surface area contributed by atoms with Crippen molar-refractivity contribution in [1.82, 2.24) is 0 Å². The van der Waals surface area contributed by atoms with Gasteiger partial charge in [-0.2, -0.15) is 0 Å². The van der Waals surface area contributed by atoms with Crippen molar-refractivity contribution in [3.63, 3.8) is 0 Å². The average molecular weight is 417 g/mol. The Hall–Kier alpha value is -0.900. The molecule has 0 amide bonds. The molecule has 3 nitrogen and oxygen atoms in total. The van der Waals surface area contributed by atoms with Gasteiger partial charge >= 0.3 is 0 Å². The molecule has 0 aromatic carbocycles. The molecule has 0 aliphatic heterocycles. The van der Waals surface area contributed by atoms with Crippen molar-refractivity contribution in [3.05, 3.63) is 35.5 Å². The summed E-state index contributed by atoms with van der Waals surface area (Å²) in [5, 5.41) is 30.2. The highest BCUT2D eigenvalue weighted by atomic mass is 16.3. The molecule has 0 saturated heterocycles. The average Bonchev–Trinajstić information content (AvgIpc) is 3.00. The maximum Gasteiger partial charge on any atom is 0.0651 e. The van der Waals surface area contributed by atoms with Crippen LogP contribution in [0.3, 0.4) is 0 Å². The van der Waals surface area contributed by atoms with E-state index in [1.165, 1.54) is 37.7 Å². The van der Waals surface area contributed by atoms with Crippen LogP contribution in [-0.2, 0) is 0 Å². The van der Waals surface area contributed by atoms with Crippen molar-refractivity contribution in [1.29, 1.82) is 0 Å². The summed E-state index contributed by atoms with van der Waals surface area (Å²) in [6.07, 6.45) is 16.5. The molecule has 0 heterocycles. The van der Waals surface area contributed by atoms with E-state index in [-0.39, 0.29) is 5.92 Å². The molecular formula is C27H44O3. The molecule has 3 rings (SSSR count). The van der Waals surface area contributed by atoms with Crippen LogP contribution in [0.25, 0.3) is 0 Å². The van der Waals surface area contributed by atoms with E-state index in [9.17, 15) is 15.3 Å². The van der Waals surface area contributed by atoms with E-state index < -0.39 is 17.8 Å². The molecule has 3 fully saturated rings. The van der Waals surface area contributed by atoms with Crippen molar-refractivity contribution >= 4 is 0 Å². The fourth-order valence-corrected chi connectivity index (χ4v) is 6.39. The first-order chi connectivity index (χ1) is 14.0. The van der Waals surface area contributed by atoms with Gasteiger partial charge in [-0.05, 0) is 88.4 Å². The summed E-state index contributed by atoms with van der Waals surface area (Å²) in [6.45, 7) is 10.7. The van der Waals surface area contributed by atoms with Crippen LogP contribution >= 0.6 is 0 Å². The zero-order chi connectivity index (χ0) is 22.1. The Bertz CT molecular complexity index is 671. The molecule has 0 spiro atoms. The molecule has 3 saturated carbocycles. The fourth-order valence-electron chi connectivity index (χ4n) is 6.39. The molecule has 3 aliphatic rings. The first-order valence-electron chi connectivity index (χ1n) is 12.2. The predicted octanol–water partition coefficient (Wildman–Crippen LogP) is 5.56. The van der Waals surface area contributed by atoms with E-state index in [2.05, 4.69) is 45.1 Å². The van der Waals surface area contributed by atoms with E-state index in [1.54, 1.807) is 5.57 Å². The molecule has 0 bridgehead atoms. The molecule has 7 atom stereocenters. The highest BCUT2D eigenvalue weighted by Crippen LogP contribution is 2.59. The molecule has 170 valence electrons. The molecule has 0 radical (unpaired) electrons. The van der Waals surface area contributed by atoms with Crippen LogP contribution in [0, 0.1) is 29.1 Å². The number of hydrogen-bond acceptors (Lipinski definition) is 3. The van der Waals surface area contributed by atoms with E-state index >= 15 is 0 Å². The maximum absolute atomic E-state index is 10.2. The van der Waals surface area contributed by atoms with Gasteiger partial charge in [-0.1, -0.05) is 56.2 Å². The van der Waals surface area contributed by atoms with Crippen LogP contribution in [0.5, 0.6) is 0 Å². The van der Waals surface area contributed by atoms with Crippen molar-refractivity contribution in [2.75, 3.05) is 0 Å². The smallest absolute Gasteiger partial charge is 0.0651 e. The van der Waals surface area contributed by atoms with Crippen LogP contribution in [0.2, 0.25) is 0 Å². The Labute approximate surface area is 184 Å². The van der Waals surface area contributed by atoms with Gasteiger partial charge in [0.2, 0.25) is 0 Å². The molecule has 0 unspecified atom stereocenters. The molecule has 0 aromatic rings. The van der Waals surface area contributed by atoms with Crippen LogP contribution < -0.4 is 0 Å². The van der Waals surface area contributed by atoms with Crippen LogP contribution in [-0.4, -0.2) is 33.1 Å². The Balaban J connectivity index is 1.73. The van der Waals surface area contributed by atoms with E-state index in [1.807, 2.05) is 13.8 Å². The SMILES string of the molecule is C[C@H](/C=C/[C@@H](C)C(C)(C)O)[C@H]1CC[C@H]2/C(=C/C=C3C[C@@H](O)C[C@@H](O)C3)CCC[C@@]12C. The standard InChI is InChI=1S/C27H44O3/c1-18(8-9-19(2)26(3,4)30)24-12-13-25-21(7-6-14-27(24,25)5)11-10-20-15-22(28)17-23(29)16-20/h8-11,18-19,22-25,28-30H,6-7,12-17H2,1-5H3/b9-8+,20-10?,21-11+/t18-,19-,22-,23+,24-,25+,27+/m1/s1. The van der Waals surface area contributed by atoms with Gasteiger partial charge in [0.1, 0.15) is 0 Å². The quantitative estimate of drug-likeness (QED) is 0.514. The summed E-state index contributed by atoms with van der Waals surface area (Å²) in [5.41, 5.74) is 2.43. The highest BCUT2D eigenvalue weighted by Gasteiger charge is 2.50. The lowest BCUT2D eigenvalue weighted by atomic mass is 9.61. The van der Waals surface area contributed by atoms with Gasteiger partial charge in [0, 0.05) is 5.92 Å². The minimum Gasteiger partial charge on any atom is -0.393 e. The van der Waals surface area contributed by atoms with Gasteiger partial charge in [-0.25, -0.2) is 0 Å². The van der Waals surface area contributed by atoms with E-state index in [0.717, 1.165) is 0 Å². The summed E-state index contributed by atoms with van der Waals surface area (Å²) in [7, 11) is 0. The molecule has 3 heteroatoms. The number of allylic oxidation sites excluding steroid dienone is 4. The van der Waals surface area contributed by atoms with Crippen molar-refractivity contribution in [2.45, 2.75) is 104 Å². The molecule has 3 aliphatic carbocycles. The van der Waals surface area contributed by atoms with Crippen LogP contribution in [0.15, 0.2) is 35.5 Å². The van der Waals surface area contributed by atoms with E-state index in [4.69, 9.17) is 0 Å². The molecule has 0 aromatic heterocycles. The fraction of sp³-hybridized carbons (Fsp3) is 0.778. The summed E-state index contributed by atoms with van der Waals surface area (Å²) < 4.78 is 0. The zero-order valence-electron chi connectivity index (χ0n) is 19.8. The zero-order valence-corrected chi connectivity index (χ0v) is 19.8. The largest absolute Gasteiger partial charge is 0.393 e. The van der Waals surface area contributed by atoms with Gasteiger partial charge in [-0.15, -0.1) is 0 Å². The lowest BCUT2D eigenvalue weighted by Gasteiger charge is -2.44. The third kappa shape index (κ3) is 5.29. The Morgan fingerprint density at radius 1 is 1.03 bits per heavy atom. The summed E-state index contributed by atoms with van der Waals surface area (Å²) in [6, 6.07) is 0. The molecule has 30 heavy (non-hydrogen) atoms. The number of fused-ring (bicyclic) bond motifs is 1. The van der Waals surface area contributed by atoms with Gasteiger partial charge in [0.25, 0.3) is 0 Å². The Morgan fingerprint density at radius 3 is 2.33 bits per heavy atom. The second-order valence-corrected chi connectivity index (χ2v) is 11.3. The second-order valence-electron chi connectivity index (χ2n) is 11.3. The van der Waals surface area contributed by atoms with Gasteiger partial charge < -0.3 is 15.3 Å². The minimum atomic E-state index is -0.674. The second kappa shape index (κ2) is 9.30. The van der Waals surface area contributed by atoms with Crippen molar-refractivity contribution in [2.24, 2.45) is 29.1 Å². The summed E-state index contributed by atoms with van der Waals surface area (Å²) >= 11 is 0. The topological polar surface area (TPSA) is 60.7 Å². The minimum absolute atomic E-state index is 0.152. The third-order valence-electron chi connectivity index (χ3n) is 8.56. The number of hydrogen-bond donors (Lipinski definition) is 3. The van der Waals surface area contributed by atoms with Crippen LogP contribution in [0.4, 0.5) is 0 Å². The lowest BCUT2D eigenvalue weighted by molar-refractivity contribution is 0.0436. The van der Waals surface area contributed by atoms with Gasteiger partial charge in [-0.3, -0.25) is 0 Å². The predicted molar refractivity (Wildman–Crippen MR) is 124 cm³/mol. The third-order valence-corrected chi connectivity index (χ3v) is 8.56. The number of rotatable bonds is 5.